The molecule has 0 N–H and O–H groups in total. The summed E-state index contributed by atoms with van der Waals surface area (Å²) in [4.78, 5) is 2.54. The molecule has 0 amide bonds. The minimum atomic E-state index is -3.55. The maximum Gasteiger partial charge on any atom is 0.206 e. The highest BCUT2D eigenvalue weighted by molar-refractivity contribution is 7.91. The van der Waals surface area contributed by atoms with Crippen molar-refractivity contribution in [3.05, 3.63) is 90.0 Å². The van der Waals surface area contributed by atoms with Crippen molar-refractivity contribution in [3.63, 3.8) is 0 Å². The quantitative estimate of drug-likeness (QED) is 0.791. The van der Waals surface area contributed by atoms with Crippen LogP contribution in [0.1, 0.15) is 5.56 Å². The molecule has 0 atom stereocenters. The molecule has 2 heterocycles. The van der Waals surface area contributed by atoms with E-state index in [2.05, 4.69) is 0 Å². The SMILES string of the molecule is COc1ccc(S(=O)(=O)c2ccc(CN3C=CC4=CCOC4=C3)cc2)cc1. The zero-order valence-corrected chi connectivity index (χ0v) is 15.6. The minimum Gasteiger partial charge on any atom is -0.497 e. The Labute approximate surface area is 158 Å². The second-order valence-electron chi connectivity index (χ2n) is 6.27. The lowest BCUT2D eigenvalue weighted by Gasteiger charge is -2.20. The van der Waals surface area contributed by atoms with Crippen LogP contribution in [0, 0.1) is 0 Å². The normalized spacial score (nSPS) is 15.7. The third kappa shape index (κ3) is 3.48. The first kappa shape index (κ1) is 17.4. The average Bonchev–Trinajstić information content (AvgIpc) is 3.16. The van der Waals surface area contributed by atoms with Gasteiger partial charge < -0.3 is 14.4 Å². The summed E-state index contributed by atoms with van der Waals surface area (Å²) >= 11 is 0. The van der Waals surface area contributed by atoms with Gasteiger partial charge in [0.05, 0.1) is 16.9 Å². The van der Waals surface area contributed by atoms with Gasteiger partial charge in [-0.25, -0.2) is 8.42 Å². The molecule has 4 rings (SSSR count). The standard InChI is InChI=1S/C21H19NO4S/c1-25-18-4-8-20(9-5-18)27(23,24)19-6-2-16(3-7-19)14-22-12-10-17-11-13-26-21(17)15-22/h2-12,15H,13-14H2,1H3. The number of methoxy groups -OCH3 is 1. The van der Waals surface area contributed by atoms with Gasteiger partial charge in [-0.05, 0) is 54.1 Å². The highest BCUT2D eigenvalue weighted by Gasteiger charge is 2.18. The molecular formula is C21H19NO4S. The number of nitrogens with zero attached hydrogens (tertiary/aromatic N) is 1. The molecule has 2 aliphatic heterocycles. The maximum atomic E-state index is 12.8. The molecule has 5 nitrogen and oxygen atoms in total. The zero-order valence-electron chi connectivity index (χ0n) is 14.8. The molecule has 0 radical (unpaired) electrons. The molecule has 0 aliphatic carbocycles. The van der Waals surface area contributed by atoms with Crippen LogP contribution in [0.15, 0.2) is 94.2 Å². The predicted octanol–water partition coefficient (Wildman–Crippen LogP) is 3.66. The number of allylic oxidation sites excluding steroid dienone is 1. The molecule has 0 unspecified atom stereocenters. The molecule has 2 aromatic carbocycles. The lowest BCUT2D eigenvalue weighted by atomic mass is 10.1. The fourth-order valence-corrected chi connectivity index (χ4v) is 4.27. The van der Waals surface area contributed by atoms with Crippen molar-refractivity contribution >= 4 is 9.84 Å². The van der Waals surface area contributed by atoms with E-state index in [1.807, 2.05) is 41.6 Å². The van der Waals surface area contributed by atoms with Crippen LogP contribution in [-0.4, -0.2) is 27.0 Å². The largest absolute Gasteiger partial charge is 0.497 e. The molecule has 0 aromatic heterocycles. The highest BCUT2D eigenvalue weighted by Crippen LogP contribution is 2.26. The highest BCUT2D eigenvalue weighted by atomic mass is 32.2. The Kier molecular flexibility index (Phi) is 4.49. The molecule has 2 aliphatic rings. The van der Waals surface area contributed by atoms with Crippen LogP contribution in [0.4, 0.5) is 0 Å². The summed E-state index contributed by atoms with van der Waals surface area (Å²) in [5.74, 6) is 1.49. The molecule has 0 bridgehead atoms. The van der Waals surface area contributed by atoms with Crippen LogP contribution >= 0.6 is 0 Å². The predicted molar refractivity (Wildman–Crippen MR) is 102 cm³/mol. The van der Waals surface area contributed by atoms with Crippen LogP contribution in [0.25, 0.3) is 0 Å². The molecule has 0 saturated carbocycles. The fourth-order valence-electron chi connectivity index (χ4n) is 3.01. The van der Waals surface area contributed by atoms with E-state index in [0.717, 1.165) is 16.9 Å². The molecule has 2 aromatic rings. The monoisotopic (exact) mass is 381 g/mol. The Morgan fingerprint density at radius 3 is 2.37 bits per heavy atom. The van der Waals surface area contributed by atoms with Gasteiger partial charge in [0.2, 0.25) is 9.84 Å². The van der Waals surface area contributed by atoms with Crippen molar-refractivity contribution in [1.29, 1.82) is 0 Å². The van der Waals surface area contributed by atoms with Gasteiger partial charge in [0, 0.05) is 24.5 Å². The summed E-state index contributed by atoms with van der Waals surface area (Å²) in [6, 6.07) is 13.4. The van der Waals surface area contributed by atoms with Crippen LogP contribution in [0.3, 0.4) is 0 Å². The van der Waals surface area contributed by atoms with Crippen LogP contribution in [-0.2, 0) is 21.1 Å². The summed E-state index contributed by atoms with van der Waals surface area (Å²) in [6.07, 6.45) is 8.01. The summed E-state index contributed by atoms with van der Waals surface area (Å²) in [5.41, 5.74) is 2.11. The average molecular weight is 381 g/mol. The van der Waals surface area contributed by atoms with Gasteiger partial charge in [-0.2, -0.15) is 0 Å². The first-order valence-corrected chi connectivity index (χ1v) is 10.0. The summed E-state index contributed by atoms with van der Waals surface area (Å²) < 4.78 is 36.2. The number of hydrogen-bond donors (Lipinski definition) is 0. The van der Waals surface area contributed by atoms with E-state index in [9.17, 15) is 8.42 Å². The third-order valence-corrected chi connectivity index (χ3v) is 6.31. The number of sulfone groups is 1. The Morgan fingerprint density at radius 1 is 1.04 bits per heavy atom. The van der Waals surface area contributed by atoms with Crippen molar-refractivity contribution in [2.24, 2.45) is 0 Å². The summed E-state index contributed by atoms with van der Waals surface area (Å²) in [6.45, 7) is 1.25. The second kappa shape index (κ2) is 6.96. The van der Waals surface area contributed by atoms with Crippen LogP contribution < -0.4 is 4.74 Å². The Hall–Kier alpha value is -2.99. The molecule has 0 saturated heterocycles. The van der Waals surface area contributed by atoms with Crippen molar-refractivity contribution in [2.45, 2.75) is 16.3 Å². The topological polar surface area (TPSA) is 55.8 Å². The van der Waals surface area contributed by atoms with Gasteiger partial charge in [-0.3, -0.25) is 0 Å². The van der Waals surface area contributed by atoms with E-state index in [4.69, 9.17) is 9.47 Å². The first-order chi connectivity index (χ1) is 13.1. The number of rotatable bonds is 5. The van der Waals surface area contributed by atoms with Gasteiger partial charge in [-0.15, -0.1) is 0 Å². The summed E-state index contributed by atoms with van der Waals surface area (Å²) in [7, 11) is -2.00. The molecule has 27 heavy (non-hydrogen) atoms. The van der Waals surface area contributed by atoms with Crippen molar-refractivity contribution in [2.75, 3.05) is 13.7 Å². The lowest BCUT2D eigenvalue weighted by molar-refractivity contribution is 0.265. The minimum absolute atomic E-state index is 0.248. The molecule has 0 fully saturated rings. The van der Waals surface area contributed by atoms with E-state index in [0.29, 0.717) is 18.9 Å². The van der Waals surface area contributed by atoms with E-state index in [-0.39, 0.29) is 9.79 Å². The lowest BCUT2D eigenvalue weighted by Crippen LogP contribution is -2.13. The van der Waals surface area contributed by atoms with Crippen molar-refractivity contribution in [1.82, 2.24) is 4.90 Å². The number of benzene rings is 2. The van der Waals surface area contributed by atoms with Gasteiger partial charge in [0.15, 0.2) is 0 Å². The number of ether oxygens (including phenoxy) is 2. The van der Waals surface area contributed by atoms with Crippen molar-refractivity contribution in [3.8, 4) is 5.75 Å². The number of fused-ring (bicyclic) bond motifs is 1. The van der Waals surface area contributed by atoms with Gasteiger partial charge >= 0.3 is 0 Å². The first-order valence-electron chi connectivity index (χ1n) is 8.53. The molecule has 6 heteroatoms. The van der Waals surface area contributed by atoms with E-state index in [1.54, 1.807) is 43.5 Å². The van der Waals surface area contributed by atoms with E-state index in [1.165, 1.54) is 0 Å². The number of hydrogen-bond acceptors (Lipinski definition) is 5. The fraction of sp³-hybridized carbons (Fsp3) is 0.143. The van der Waals surface area contributed by atoms with Gasteiger partial charge in [-0.1, -0.05) is 12.1 Å². The molecule has 138 valence electrons. The molecular weight excluding hydrogens is 362 g/mol. The Morgan fingerprint density at radius 2 is 1.70 bits per heavy atom. The Balaban J connectivity index is 1.51. The van der Waals surface area contributed by atoms with E-state index < -0.39 is 9.84 Å². The van der Waals surface area contributed by atoms with Crippen LogP contribution in [0.5, 0.6) is 5.75 Å². The maximum absolute atomic E-state index is 12.8. The summed E-state index contributed by atoms with van der Waals surface area (Å²) in [5, 5.41) is 0. The Bertz CT molecular complexity index is 1030. The zero-order chi connectivity index (χ0) is 18.9. The molecule has 0 spiro atoms. The van der Waals surface area contributed by atoms with E-state index >= 15 is 0 Å². The third-order valence-electron chi connectivity index (χ3n) is 4.52. The van der Waals surface area contributed by atoms with Crippen molar-refractivity contribution < 1.29 is 17.9 Å². The second-order valence-corrected chi connectivity index (χ2v) is 8.22. The van der Waals surface area contributed by atoms with Crippen LogP contribution in [0.2, 0.25) is 0 Å². The smallest absolute Gasteiger partial charge is 0.206 e. The van der Waals surface area contributed by atoms with Gasteiger partial charge in [0.1, 0.15) is 18.1 Å². The van der Waals surface area contributed by atoms with Gasteiger partial charge in [0.25, 0.3) is 0 Å².